The third kappa shape index (κ3) is 9.53. The predicted octanol–water partition coefficient (Wildman–Crippen LogP) is 4.39. The molecular formula is C21H24ClF4N3O3S. The number of allylic oxidation sites excluding steroid dienone is 9. The lowest BCUT2D eigenvalue weighted by atomic mass is 10.1. The zero-order valence-electron chi connectivity index (χ0n) is 17.7. The van der Waals surface area contributed by atoms with Crippen LogP contribution in [0.4, 0.5) is 17.6 Å². The number of hydrogen-bond acceptors (Lipinski definition) is 4. The van der Waals surface area contributed by atoms with Gasteiger partial charge in [0.05, 0.1) is 16.5 Å². The zero-order chi connectivity index (χ0) is 25.2. The third-order valence-corrected chi connectivity index (χ3v) is 6.78. The summed E-state index contributed by atoms with van der Waals surface area (Å²) in [6, 6.07) is -0.0165. The average molecular weight is 510 g/mol. The lowest BCUT2D eigenvalue weighted by molar-refractivity contribution is -0.140. The Morgan fingerprint density at radius 1 is 1.39 bits per heavy atom. The molecule has 1 rings (SSSR count). The summed E-state index contributed by atoms with van der Waals surface area (Å²) in [5.41, 5.74) is 5.30. The highest BCUT2D eigenvalue weighted by molar-refractivity contribution is 7.93. The summed E-state index contributed by atoms with van der Waals surface area (Å²) >= 11 is 5.88. The molecule has 0 fully saturated rings. The van der Waals surface area contributed by atoms with Crippen molar-refractivity contribution in [2.24, 2.45) is 11.7 Å². The van der Waals surface area contributed by atoms with Crippen LogP contribution in [0.1, 0.15) is 26.2 Å². The Morgan fingerprint density at radius 2 is 2.06 bits per heavy atom. The molecule has 0 aromatic heterocycles. The van der Waals surface area contributed by atoms with Crippen molar-refractivity contribution in [1.82, 2.24) is 4.31 Å². The monoisotopic (exact) mass is 509 g/mol. The van der Waals surface area contributed by atoms with Crippen LogP contribution in [0.5, 0.6) is 0 Å². The highest BCUT2D eigenvalue weighted by Crippen LogP contribution is 2.29. The molecule has 12 heteroatoms. The van der Waals surface area contributed by atoms with E-state index in [0.29, 0.717) is 4.31 Å². The summed E-state index contributed by atoms with van der Waals surface area (Å²) in [6.07, 6.45) is 2.11. The number of alkyl halides is 4. The number of primary amides is 1. The fourth-order valence-corrected chi connectivity index (χ4v) is 4.87. The number of nitriles is 1. The van der Waals surface area contributed by atoms with Crippen molar-refractivity contribution in [3.63, 3.8) is 0 Å². The molecule has 0 radical (unpaired) electrons. The van der Waals surface area contributed by atoms with Crippen LogP contribution in [0.3, 0.4) is 0 Å². The summed E-state index contributed by atoms with van der Waals surface area (Å²) < 4.78 is 78.3. The Morgan fingerprint density at radius 3 is 2.61 bits per heavy atom. The van der Waals surface area contributed by atoms with Crippen LogP contribution in [0.2, 0.25) is 0 Å². The predicted molar refractivity (Wildman–Crippen MR) is 118 cm³/mol. The third-order valence-electron chi connectivity index (χ3n) is 4.54. The molecule has 33 heavy (non-hydrogen) atoms. The van der Waals surface area contributed by atoms with Gasteiger partial charge in [0.25, 0.3) is 0 Å². The number of hydrogen-bond donors (Lipinski definition) is 1. The van der Waals surface area contributed by atoms with Crippen LogP contribution in [-0.4, -0.2) is 44.1 Å². The molecule has 0 bridgehead atoms. The van der Waals surface area contributed by atoms with Gasteiger partial charge in [-0.1, -0.05) is 30.7 Å². The lowest BCUT2D eigenvalue weighted by Crippen LogP contribution is -2.50. The molecule has 0 spiro atoms. The summed E-state index contributed by atoms with van der Waals surface area (Å²) in [7, 11) is -4.43. The minimum Gasteiger partial charge on any atom is -0.368 e. The summed E-state index contributed by atoms with van der Waals surface area (Å²) in [5, 5.41) is 9.21. The van der Waals surface area contributed by atoms with E-state index in [1.165, 1.54) is 43.4 Å². The van der Waals surface area contributed by atoms with Crippen molar-refractivity contribution < 1.29 is 30.8 Å². The standard InChI is InChI=1S/C21H24ClF4N3O3S/c1-15(5-6-16(13-27)10-12-23)14-29(19(20(28)30)9-11-21(24,25)26)33(31,32)18-4-2-3-17(22)7-8-18/h2-3,5-8,10,15,19H,4,9,11-12,14H2,1H3,(H2,28,30). The van der Waals surface area contributed by atoms with Crippen molar-refractivity contribution in [3.05, 3.63) is 58.0 Å². The first kappa shape index (κ1) is 28.6. The van der Waals surface area contributed by atoms with E-state index in [0.717, 1.165) is 6.08 Å². The summed E-state index contributed by atoms with van der Waals surface area (Å²) in [5.74, 6) is -1.89. The van der Waals surface area contributed by atoms with Crippen LogP contribution in [0.15, 0.2) is 58.0 Å². The Balaban J connectivity index is 3.39. The normalized spacial score (nSPS) is 17.3. The second-order valence-corrected chi connectivity index (χ2v) is 9.58. The van der Waals surface area contributed by atoms with Crippen molar-refractivity contribution in [3.8, 4) is 6.07 Å². The van der Waals surface area contributed by atoms with E-state index >= 15 is 0 Å². The van der Waals surface area contributed by atoms with E-state index in [9.17, 15) is 30.8 Å². The molecule has 1 aliphatic carbocycles. The number of carbonyl (C=O) groups is 1. The van der Waals surface area contributed by atoms with Gasteiger partial charge in [0.2, 0.25) is 15.9 Å². The van der Waals surface area contributed by atoms with E-state index in [4.69, 9.17) is 22.6 Å². The Kier molecular flexibility index (Phi) is 11.0. The van der Waals surface area contributed by atoms with Gasteiger partial charge < -0.3 is 5.73 Å². The Labute approximate surface area is 195 Å². The molecule has 6 nitrogen and oxygen atoms in total. The Hall–Kier alpha value is -2.42. The molecule has 2 N–H and O–H groups in total. The fourth-order valence-electron chi connectivity index (χ4n) is 2.89. The maximum absolute atomic E-state index is 13.4. The van der Waals surface area contributed by atoms with Gasteiger partial charge in [-0.05, 0) is 42.7 Å². The minimum absolute atomic E-state index is 0.0151. The number of rotatable bonds is 11. The summed E-state index contributed by atoms with van der Waals surface area (Å²) in [4.78, 5) is 11.9. The molecule has 0 aliphatic heterocycles. The molecule has 182 valence electrons. The Bertz CT molecular complexity index is 1010. The lowest BCUT2D eigenvalue weighted by Gasteiger charge is -2.31. The molecule has 0 aromatic carbocycles. The van der Waals surface area contributed by atoms with Crippen LogP contribution < -0.4 is 5.73 Å². The van der Waals surface area contributed by atoms with Gasteiger partial charge >= 0.3 is 6.18 Å². The van der Waals surface area contributed by atoms with Crippen LogP contribution in [0.25, 0.3) is 0 Å². The highest BCUT2D eigenvalue weighted by Gasteiger charge is 2.39. The van der Waals surface area contributed by atoms with E-state index in [1.807, 2.05) is 0 Å². The zero-order valence-corrected chi connectivity index (χ0v) is 19.3. The first-order valence-electron chi connectivity index (χ1n) is 9.77. The molecule has 0 saturated carbocycles. The smallest absolute Gasteiger partial charge is 0.368 e. The van der Waals surface area contributed by atoms with E-state index in [1.54, 1.807) is 6.07 Å². The quantitative estimate of drug-likeness (QED) is 0.253. The average Bonchev–Trinajstić information content (AvgIpc) is 2.94. The maximum atomic E-state index is 13.4. The van der Waals surface area contributed by atoms with E-state index in [-0.39, 0.29) is 21.9 Å². The first-order valence-corrected chi connectivity index (χ1v) is 11.6. The largest absolute Gasteiger partial charge is 0.389 e. The summed E-state index contributed by atoms with van der Waals surface area (Å²) in [6.45, 7) is 0.238. The van der Waals surface area contributed by atoms with Gasteiger partial charge in [0.1, 0.15) is 12.7 Å². The van der Waals surface area contributed by atoms with Gasteiger partial charge in [0, 0.05) is 24.4 Å². The fraction of sp³-hybridized carbons (Fsp3) is 0.429. The van der Waals surface area contributed by atoms with Crippen LogP contribution in [0, 0.1) is 17.2 Å². The molecule has 2 atom stereocenters. The minimum atomic E-state index is -4.63. The molecular weight excluding hydrogens is 486 g/mol. The number of nitrogens with zero attached hydrogens (tertiary/aromatic N) is 2. The molecule has 0 aromatic rings. The van der Waals surface area contributed by atoms with Gasteiger partial charge in [-0.15, -0.1) is 0 Å². The molecule has 2 unspecified atom stereocenters. The van der Waals surface area contributed by atoms with Gasteiger partial charge in [0.15, 0.2) is 0 Å². The van der Waals surface area contributed by atoms with Crippen molar-refractivity contribution in [2.75, 3.05) is 13.2 Å². The van der Waals surface area contributed by atoms with Gasteiger partial charge in [-0.25, -0.2) is 12.8 Å². The number of amides is 1. The maximum Gasteiger partial charge on any atom is 0.389 e. The first-order chi connectivity index (χ1) is 15.3. The second-order valence-electron chi connectivity index (χ2n) is 7.20. The molecule has 0 saturated heterocycles. The topological polar surface area (TPSA) is 104 Å². The molecule has 0 heterocycles. The van der Waals surface area contributed by atoms with E-state index in [2.05, 4.69) is 0 Å². The van der Waals surface area contributed by atoms with E-state index < -0.39 is 60.1 Å². The number of carbonyl (C=O) groups excluding carboxylic acids is 1. The van der Waals surface area contributed by atoms with Crippen molar-refractivity contribution in [2.45, 2.75) is 38.4 Å². The van der Waals surface area contributed by atoms with Crippen molar-refractivity contribution in [1.29, 1.82) is 5.26 Å². The number of nitrogens with two attached hydrogens (primary N) is 1. The van der Waals surface area contributed by atoms with Crippen LogP contribution in [-0.2, 0) is 14.8 Å². The number of halogens is 5. The highest BCUT2D eigenvalue weighted by atomic mass is 35.5. The van der Waals surface area contributed by atoms with Gasteiger partial charge in [-0.2, -0.15) is 22.7 Å². The molecule has 1 amide bonds. The SMILES string of the molecule is CC(C=CC(C#N)=CCF)CN(C(CCC(F)(F)F)C(N)=O)S(=O)(=O)C1=CC=C(Cl)C=CC1. The second kappa shape index (κ2) is 12.7. The molecule has 1 aliphatic rings. The number of sulfonamides is 1. The van der Waals surface area contributed by atoms with Gasteiger partial charge in [-0.3, -0.25) is 4.79 Å². The van der Waals surface area contributed by atoms with Crippen LogP contribution >= 0.6 is 11.6 Å². The van der Waals surface area contributed by atoms with Crippen molar-refractivity contribution >= 4 is 27.5 Å².